The van der Waals surface area contributed by atoms with Crippen molar-refractivity contribution < 1.29 is 23.3 Å². The molecular formula is C18H28N2O5Si2. The van der Waals surface area contributed by atoms with Crippen LogP contribution in [0.5, 0.6) is 0 Å². The standard InChI is InChI=1S/C18H28N2O5Si2/c1-26(2,3)25-27(4,13-5-11-19-15(21)7-8-16(19)22)14-6-12-20-17(23)9-10-18(20)24/h7-10H,5-6,11-14H2,1-4H3. The van der Waals surface area contributed by atoms with Crippen molar-refractivity contribution in [3.63, 3.8) is 0 Å². The molecule has 0 fully saturated rings. The average molecular weight is 409 g/mol. The molecular weight excluding hydrogens is 380 g/mol. The van der Waals surface area contributed by atoms with Gasteiger partial charge in [0.05, 0.1) is 0 Å². The first-order chi connectivity index (χ1) is 12.5. The van der Waals surface area contributed by atoms with Gasteiger partial charge in [0.25, 0.3) is 23.6 Å². The zero-order valence-electron chi connectivity index (χ0n) is 16.5. The summed E-state index contributed by atoms with van der Waals surface area (Å²) < 4.78 is 6.53. The van der Waals surface area contributed by atoms with Gasteiger partial charge in [-0.05, 0) is 51.1 Å². The first-order valence-electron chi connectivity index (χ1n) is 9.28. The van der Waals surface area contributed by atoms with Crippen LogP contribution >= 0.6 is 0 Å². The minimum absolute atomic E-state index is 0.256. The van der Waals surface area contributed by atoms with Gasteiger partial charge in [0.15, 0.2) is 16.6 Å². The van der Waals surface area contributed by atoms with E-state index in [1.165, 1.54) is 34.1 Å². The molecule has 7 nitrogen and oxygen atoms in total. The van der Waals surface area contributed by atoms with Crippen molar-refractivity contribution in [2.75, 3.05) is 13.1 Å². The van der Waals surface area contributed by atoms with E-state index in [0.717, 1.165) is 12.1 Å². The van der Waals surface area contributed by atoms with Gasteiger partial charge < -0.3 is 4.12 Å². The summed E-state index contributed by atoms with van der Waals surface area (Å²) in [5.74, 6) is -1.03. The smallest absolute Gasteiger partial charge is 0.253 e. The molecule has 0 saturated heterocycles. The van der Waals surface area contributed by atoms with Crippen molar-refractivity contribution in [2.24, 2.45) is 0 Å². The fourth-order valence-corrected chi connectivity index (χ4v) is 12.3. The van der Waals surface area contributed by atoms with E-state index >= 15 is 0 Å². The van der Waals surface area contributed by atoms with Crippen LogP contribution < -0.4 is 0 Å². The molecule has 0 bridgehead atoms. The number of hydrogen-bond acceptors (Lipinski definition) is 5. The molecule has 0 saturated carbocycles. The Labute approximate surface area is 162 Å². The van der Waals surface area contributed by atoms with E-state index in [-0.39, 0.29) is 23.6 Å². The lowest BCUT2D eigenvalue weighted by Gasteiger charge is -2.35. The Kier molecular flexibility index (Phi) is 6.71. The maximum absolute atomic E-state index is 11.7. The Bertz CT molecular complexity index is 612. The summed E-state index contributed by atoms with van der Waals surface area (Å²) in [4.78, 5) is 49.2. The molecule has 9 heteroatoms. The molecule has 2 rings (SSSR count). The Balaban J connectivity index is 1.89. The van der Waals surface area contributed by atoms with Crippen molar-refractivity contribution in [1.29, 1.82) is 0 Å². The van der Waals surface area contributed by atoms with Gasteiger partial charge in [-0.1, -0.05) is 0 Å². The van der Waals surface area contributed by atoms with E-state index in [9.17, 15) is 19.2 Å². The predicted octanol–water partition coefficient (Wildman–Crippen LogP) is 2.04. The highest BCUT2D eigenvalue weighted by atomic mass is 28.4. The average Bonchev–Trinajstić information content (AvgIpc) is 3.02. The van der Waals surface area contributed by atoms with Crippen molar-refractivity contribution >= 4 is 40.3 Å². The number of rotatable bonds is 10. The zero-order valence-corrected chi connectivity index (χ0v) is 18.5. The first kappa shape index (κ1) is 21.5. The minimum atomic E-state index is -2.09. The van der Waals surface area contributed by atoms with Crippen LogP contribution in [0.25, 0.3) is 0 Å². The van der Waals surface area contributed by atoms with Gasteiger partial charge in [0, 0.05) is 37.4 Å². The van der Waals surface area contributed by atoms with Gasteiger partial charge >= 0.3 is 0 Å². The lowest BCUT2D eigenvalue weighted by molar-refractivity contribution is -0.138. The third kappa shape index (κ3) is 6.08. The van der Waals surface area contributed by atoms with E-state index in [1.54, 1.807) is 0 Å². The van der Waals surface area contributed by atoms with Crippen LogP contribution in [-0.4, -0.2) is 63.2 Å². The summed E-state index contributed by atoms with van der Waals surface area (Å²) in [6.07, 6.45) is 6.61. The van der Waals surface area contributed by atoms with Crippen LogP contribution in [0.3, 0.4) is 0 Å². The predicted molar refractivity (Wildman–Crippen MR) is 107 cm³/mol. The van der Waals surface area contributed by atoms with E-state index in [1.807, 2.05) is 0 Å². The second-order valence-electron chi connectivity index (χ2n) is 8.19. The van der Waals surface area contributed by atoms with Gasteiger partial charge in [-0.25, -0.2) is 0 Å². The summed E-state index contributed by atoms with van der Waals surface area (Å²) in [5, 5.41) is 0. The van der Waals surface area contributed by atoms with Gasteiger partial charge in [-0.2, -0.15) is 0 Å². The summed E-state index contributed by atoms with van der Waals surface area (Å²) >= 11 is 0. The van der Waals surface area contributed by atoms with Crippen LogP contribution in [0.2, 0.25) is 38.3 Å². The number of hydrogen-bond donors (Lipinski definition) is 0. The molecule has 27 heavy (non-hydrogen) atoms. The monoisotopic (exact) mass is 408 g/mol. The molecule has 0 aromatic heterocycles. The Morgan fingerprint density at radius 2 is 1.04 bits per heavy atom. The van der Waals surface area contributed by atoms with Crippen LogP contribution in [0.1, 0.15) is 12.8 Å². The van der Waals surface area contributed by atoms with Crippen LogP contribution in [0.15, 0.2) is 24.3 Å². The Morgan fingerprint density at radius 1 is 0.704 bits per heavy atom. The van der Waals surface area contributed by atoms with Crippen molar-refractivity contribution in [2.45, 2.75) is 51.1 Å². The van der Waals surface area contributed by atoms with Crippen LogP contribution in [0.4, 0.5) is 0 Å². The summed E-state index contributed by atoms with van der Waals surface area (Å²) in [7, 11) is -3.86. The largest absolute Gasteiger partial charge is 0.456 e. The maximum atomic E-state index is 11.7. The van der Waals surface area contributed by atoms with E-state index in [0.29, 0.717) is 25.9 Å². The minimum Gasteiger partial charge on any atom is -0.456 e. The molecule has 0 N–H and O–H groups in total. The van der Waals surface area contributed by atoms with Crippen molar-refractivity contribution in [3.8, 4) is 0 Å². The highest BCUT2D eigenvalue weighted by molar-refractivity contribution is 6.84. The molecule has 0 radical (unpaired) electrons. The van der Waals surface area contributed by atoms with E-state index in [2.05, 4.69) is 26.2 Å². The third-order valence-electron chi connectivity index (χ3n) is 4.53. The quantitative estimate of drug-likeness (QED) is 0.408. The molecule has 0 aliphatic carbocycles. The molecule has 2 aliphatic heterocycles. The highest BCUT2D eigenvalue weighted by Crippen LogP contribution is 2.26. The maximum Gasteiger partial charge on any atom is 0.253 e. The normalized spacial score (nSPS) is 17.8. The molecule has 0 atom stereocenters. The number of carbonyl (C=O) groups is 4. The summed E-state index contributed by atoms with van der Waals surface area (Å²) in [6.45, 7) is 9.40. The van der Waals surface area contributed by atoms with Gasteiger partial charge in [0.1, 0.15) is 0 Å². The van der Waals surface area contributed by atoms with Gasteiger partial charge in [-0.3, -0.25) is 29.0 Å². The summed E-state index contributed by atoms with van der Waals surface area (Å²) in [5.41, 5.74) is 0. The lowest BCUT2D eigenvalue weighted by Crippen LogP contribution is -2.45. The lowest BCUT2D eigenvalue weighted by atomic mass is 10.4. The molecule has 2 heterocycles. The molecule has 0 aromatic carbocycles. The molecule has 148 valence electrons. The van der Waals surface area contributed by atoms with Crippen LogP contribution in [0, 0.1) is 0 Å². The van der Waals surface area contributed by atoms with Gasteiger partial charge in [-0.15, -0.1) is 0 Å². The molecule has 2 aliphatic rings. The number of carbonyl (C=O) groups excluding carboxylic acids is 4. The topological polar surface area (TPSA) is 84.0 Å². The van der Waals surface area contributed by atoms with Crippen molar-refractivity contribution in [3.05, 3.63) is 24.3 Å². The number of amides is 4. The van der Waals surface area contributed by atoms with Crippen molar-refractivity contribution in [1.82, 2.24) is 9.80 Å². The second-order valence-corrected chi connectivity index (χ2v) is 17.1. The molecule has 0 aromatic rings. The highest BCUT2D eigenvalue weighted by Gasteiger charge is 2.35. The molecule has 4 amide bonds. The zero-order chi connectivity index (χ0) is 20.2. The number of imide groups is 2. The SMILES string of the molecule is C[Si](C)(C)O[Si](C)(CCCN1C(=O)C=CC1=O)CCCN1C(=O)C=CC1=O. The Hall–Kier alpha value is -1.85. The number of nitrogens with zero attached hydrogens (tertiary/aromatic N) is 2. The fourth-order valence-electron chi connectivity index (χ4n) is 3.49. The molecule has 0 unspecified atom stereocenters. The van der Waals surface area contributed by atoms with E-state index in [4.69, 9.17) is 4.12 Å². The van der Waals surface area contributed by atoms with Gasteiger partial charge in [0.2, 0.25) is 0 Å². The second kappa shape index (κ2) is 8.45. The Morgan fingerprint density at radius 3 is 1.33 bits per heavy atom. The third-order valence-corrected chi connectivity index (χ3v) is 11.8. The molecule has 0 spiro atoms. The first-order valence-corrected chi connectivity index (χ1v) is 15.5. The van der Waals surface area contributed by atoms with E-state index < -0.39 is 16.6 Å². The summed E-state index contributed by atoms with van der Waals surface area (Å²) in [6, 6.07) is 1.66. The van der Waals surface area contributed by atoms with Crippen LogP contribution in [-0.2, 0) is 23.3 Å². The fraction of sp³-hybridized carbons (Fsp3) is 0.556.